The number of nitrogens with one attached hydrogen (secondary N) is 2. The highest BCUT2D eigenvalue weighted by molar-refractivity contribution is 5.84. The zero-order valence-electron chi connectivity index (χ0n) is 23.2. The minimum atomic E-state index is -0.106. The smallest absolute Gasteiger partial charge is 0.237 e. The molecular weight excluding hydrogens is 458 g/mol. The number of hydrogen-bond donors (Lipinski definition) is 2. The van der Waals surface area contributed by atoms with Crippen LogP contribution >= 0.6 is 0 Å². The van der Waals surface area contributed by atoms with Crippen molar-refractivity contribution in [3.8, 4) is 0 Å². The van der Waals surface area contributed by atoms with Crippen molar-refractivity contribution in [2.24, 2.45) is 29.1 Å². The van der Waals surface area contributed by atoms with Crippen molar-refractivity contribution >= 4 is 11.8 Å². The molecule has 37 heavy (non-hydrogen) atoms. The van der Waals surface area contributed by atoms with E-state index in [-0.39, 0.29) is 23.4 Å². The minimum Gasteiger partial charge on any atom is -0.355 e. The Kier molecular flexibility index (Phi) is 8.58. The third-order valence-corrected chi connectivity index (χ3v) is 9.77. The summed E-state index contributed by atoms with van der Waals surface area (Å²) in [5.41, 5.74) is 1.26. The highest BCUT2D eigenvalue weighted by Crippen LogP contribution is 2.60. The standard InChI is InChI=1S/C32H49N3O2/c1-23(2)15-28(34-31(37)32-19-25-16-26(20-32)18-27(17-25)21-32)22-35-14-8-12-29(35)30(36)33-13-7-6-11-24-9-4-3-5-10-24/h3-5,9-10,23,25-29H,6-8,11-22H2,1-2H3,(H,33,36)(H,34,37)/t25?,26?,27?,28?,29-,32?/m0/s1. The first-order valence-electron chi connectivity index (χ1n) is 15.3. The molecule has 2 N–H and O–H groups in total. The van der Waals surface area contributed by atoms with Gasteiger partial charge in [0.2, 0.25) is 11.8 Å². The molecule has 5 aliphatic rings. The summed E-state index contributed by atoms with van der Waals surface area (Å²) in [5.74, 6) is 3.35. The van der Waals surface area contributed by atoms with Crippen LogP contribution in [0, 0.1) is 29.1 Å². The molecule has 4 bridgehead atoms. The quantitative estimate of drug-likeness (QED) is 0.376. The molecule has 0 spiro atoms. The van der Waals surface area contributed by atoms with E-state index < -0.39 is 0 Å². The molecule has 1 aromatic rings. The summed E-state index contributed by atoms with van der Waals surface area (Å²) in [5, 5.41) is 6.77. The predicted octanol–water partition coefficient (Wildman–Crippen LogP) is 5.34. The fourth-order valence-corrected chi connectivity index (χ4v) is 8.53. The van der Waals surface area contributed by atoms with E-state index in [0.717, 1.165) is 95.2 Å². The summed E-state index contributed by atoms with van der Waals surface area (Å²) < 4.78 is 0. The molecule has 5 heteroatoms. The Hall–Kier alpha value is -1.88. The maximum Gasteiger partial charge on any atom is 0.237 e. The molecule has 2 amide bonds. The number of rotatable bonds is 12. The number of aryl methyl sites for hydroxylation is 1. The molecule has 4 saturated carbocycles. The van der Waals surface area contributed by atoms with Crippen molar-refractivity contribution in [2.75, 3.05) is 19.6 Å². The monoisotopic (exact) mass is 507 g/mol. The van der Waals surface area contributed by atoms with Crippen molar-refractivity contribution in [1.29, 1.82) is 0 Å². The van der Waals surface area contributed by atoms with E-state index in [1.165, 1.54) is 24.8 Å². The number of benzene rings is 1. The van der Waals surface area contributed by atoms with Crippen LogP contribution in [-0.4, -0.2) is 48.4 Å². The van der Waals surface area contributed by atoms with Gasteiger partial charge in [-0.2, -0.15) is 0 Å². The highest BCUT2D eigenvalue weighted by Gasteiger charge is 2.54. The van der Waals surface area contributed by atoms with E-state index in [1.807, 2.05) is 0 Å². The van der Waals surface area contributed by atoms with Crippen molar-refractivity contribution < 1.29 is 9.59 Å². The number of likely N-dealkylation sites (tertiary alicyclic amines) is 1. The van der Waals surface area contributed by atoms with Gasteiger partial charge in [0.05, 0.1) is 6.04 Å². The van der Waals surface area contributed by atoms with Crippen LogP contribution < -0.4 is 10.6 Å². The van der Waals surface area contributed by atoms with E-state index in [9.17, 15) is 9.59 Å². The Bertz CT molecular complexity index is 879. The van der Waals surface area contributed by atoms with Crippen LogP contribution in [0.5, 0.6) is 0 Å². The van der Waals surface area contributed by atoms with E-state index >= 15 is 0 Å². The minimum absolute atomic E-state index is 0.0553. The van der Waals surface area contributed by atoms with Gasteiger partial charge >= 0.3 is 0 Å². The van der Waals surface area contributed by atoms with Crippen LogP contribution in [0.25, 0.3) is 0 Å². The molecule has 5 nitrogen and oxygen atoms in total. The number of carbonyl (C=O) groups excluding carboxylic acids is 2. The summed E-state index contributed by atoms with van der Waals surface area (Å²) >= 11 is 0. The lowest BCUT2D eigenvalue weighted by Gasteiger charge is -2.56. The molecule has 1 aliphatic heterocycles. The predicted molar refractivity (Wildman–Crippen MR) is 149 cm³/mol. The number of amides is 2. The molecule has 4 aliphatic carbocycles. The fraction of sp³-hybridized carbons (Fsp3) is 0.750. The second-order valence-electron chi connectivity index (χ2n) is 13.4. The lowest BCUT2D eigenvalue weighted by Crippen LogP contribution is -2.57. The van der Waals surface area contributed by atoms with Gasteiger partial charge in [0.1, 0.15) is 0 Å². The molecule has 204 valence electrons. The summed E-state index contributed by atoms with van der Waals surface area (Å²) in [6, 6.07) is 10.6. The van der Waals surface area contributed by atoms with E-state index in [1.54, 1.807) is 0 Å². The Morgan fingerprint density at radius 3 is 2.32 bits per heavy atom. The van der Waals surface area contributed by atoms with Crippen LogP contribution in [0.4, 0.5) is 0 Å². The Morgan fingerprint density at radius 2 is 1.68 bits per heavy atom. The molecule has 5 fully saturated rings. The number of carbonyl (C=O) groups is 2. The Labute approximate surface area is 224 Å². The zero-order chi connectivity index (χ0) is 25.8. The first-order chi connectivity index (χ1) is 17.9. The van der Waals surface area contributed by atoms with E-state index in [4.69, 9.17) is 0 Å². The van der Waals surface area contributed by atoms with Crippen LogP contribution in [0.15, 0.2) is 30.3 Å². The maximum absolute atomic E-state index is 13.8. The van der Waals surface area contributed by atoms with Crippen LogP contribution in [0.2, 0.25) is 0 Å². The summed E-state index contributed by atoms with van der Waals surface area (Å²) in [6.45, 7) is 6.98. The van der Waals surface area contributed by atoms with Crippen LogP contribution in [0.1, 0.15) is 90.0 Å². The molecule has 6 rings (SSSR count). The number of hydrogen-bond acceptors (Lipinski definition) is 3. The summed E-state index contributed by atoms with van der Waals surface area (Å²) in [6.07, 6.45) is 13.5. The van der Waals surface area contributed by atoms with Crippen molar-refractivity contribution in [1.82, 2.24) is 15.5 Å². The normalized spacial score (nSPS) is 31.5. The first kappa shape index (κ1) is 26.7. The molecule has 1 aromatic carbocycles. The molecule has 2 atom stereocenters. The van der Waals surface area contributed by atoms with Crippen molar-refractivity contribution in [3.63, 3.8) is 0 Å². The molecule has 0 radical (unpaired) electrons. The summed E-state index contributed by atoms with van der Waals surface area (Å²) in [4.78, 5) is 29.2. The van der Waals surface area contributed by atoms with Gasteiger partial charge in [0, 0.05) is 24.5 Å². The van der Waals surface area contributed by atoms with Crippen LogP contribution in [0.3, 0.4) is 0 Å². The largest absolute Gasteiger partial charge is 0.355 e. The third kappa shape index (κ3) is 6.58. The maximum atomic E-state index is 13.8. The average molecular weight is 508 g/mol. The van der Waals surface area contributed by atoms with Crippen molar-refractivity contribution in [2.45, 2.75) is 103 Å². The van der Waals surface area contributed by atoms with Crippen molar-refractivity contribution in [3.05, 3.63) is 35.9 Å². The van der Waals surface area contributed by atoms with Gasteiger partial charge in [-0.1, -0.05) is 44.2 Å². The van der Waals surface area contributed by atoms with E-state index in [2.05, 4.69) is 59.7 Å². The molecule has 1 unspecified atom stereocenters. The number of unbranched alkanes of at least 4 members (excludes halogenated alkanes) is 1. The lowest BCUT2D eigenvalue weighted by atomic mass is 9.49. The van der Waals surface area contributed by atoms with Gasteiger partial charge in [-0.15, -0.1) is 0 Å². The third-order valence-electron chi connectivity index (χ3n) is 9.77. The Balaban J connectivity index is 1.12. The number of nitrogens with zero attached hydrogens (tertiary/aromatic N) is 1. The van der Waals surface area contributed by atoms with Gasteiger partial charge < -0.3 is 10.6 Å². The lowest BCUT2D eigenvalue weighted by molar-refractivity contribution is -0.147. The molecule has 0 aromatic heterocycles. The molecule has 1 saturated heterocycles. The average Bonchev–Trinajstić information content (AvgIpc) is 3.31. The Morgan fingerprint density at radius 1 is 1.00 bits per heavy atom. The second-order valence-corrected chi connectivity index (χ2v) is 13.4. The van der Waals surface area contributed by atoms with Crippen LogP contribution in [-0.2, 0) is 16.0 Å². The van der Waals surface area contributed by atoms with Gasteiger partial charge in [-0.05, 0) is 113 Å². The second kappa shape index (κ2) is 11.9. The summed E-state index contributed by atoms with van der Waals surface area (Å²) in [7, 11) is 0. The first-order valence-corrected chi connectivity index (χ1v) is 15.3. The zero-order valence-corrected chi connectivity index (χ0v) is 23.2. The SMILES string of the molecule is CC(C)CC(CN1CCC[C@H]1C(=O)NCCCCc1ccccc1)NC(=O)C12CC3CC(CC(C3)C1)C2. The molecular formula is C32H49N3O2. The highest BCUT2D eigenvalue weighted by atomic mass is 16.2. The van der Waals surface area contributed by atoms with Gasteiger partial charge in [0.15, 0.2) is 0 Å². The van der Waals surface area contributed by atoms with E-state index in [0.29, 0.717) is 11.8 Å². The molecule has 1 heterocycles. The fourth-order valence-electron chi connectivity index (χ4n) is 8.53. The topological polar surface area (TPSA) is 61.4 Å². The van der Waals surface area contributed by atoms with Gasteiger partial charge in [0.25, 0.3) is 0 Å². The van der Waals surface area contributed by atoms with Gasteiger partial charge in [-0.3, -0.25) is 14.5 Å². The van der Waals surface area contributed by atoms with Gasteiger partial charge in [-0.25, -0.2) is 0 Å².